The molecule has 2 heterocycles. The lowest BCUT2D eigenvalue weighted by Gasteiger charge is -2.26. The van der Waals surface area contributed by atoms with Crippen molar-refractivity contribution in [3.63, 3.8) is 0 Å². The first-order chi connectivity index (χ1) is 32.1. The first-order valence-corrected chi connectivity index (χ1v) is 24.0. The molecule has 4 nitrogen and oxygen atoms in total. The van der Waals surface area contributed by atoms with Crippen LogP contribution in [0.3, 0.4) is 0 Å². The Bertz CT molecular complexity index is 3270. The topological polar surface area (TPSA) is 50.9 Å². The average molecular weight is 876 g/mol. The Labute approximate surface area is 397 Å². The van der Waals surface area contributed by atoms with Crippen molar-refractivity contribution in [2.45, 2.75) is 97.3 Å². The summed E-state index contributed by atoms with van der Waals surface area (Å²) in [5.74, 6) is 1.08. The second kappa shape index (κ2) is 17.0. The van der Waals surface area contributed by atoms with E-state index >= 15 is 0 Å². The molecule has 0 bridgehead atoms. The smallest absolute Gasteiger partial charge is 0.149 e. The Morgan fingerprint density at radius 2 is 1.15 bits per heavy atom. The summed E-state index contributed by atoms with van der Waals surface area (Å²) in [5, 5.41) is 12.2. The number of para-hydroxylation sites is 1. The summed E-state index contributed by atoms with van der Waals surface area (Å²) < 4.78 is 2.30. The first-order valence-electron chi connectivity index (χ1n) is 24.0. The van der Waals surface area contributed by atoms with Crippen LogP contribution >= 0.6 is 0 Å². The van der Waals surface area contributed by atoms with E-state index in [9.17, 15) is 5.11 Å². The standard InChI is InChI=1S/C63H61N3O/c1-61(2,3)49-31-33-56(54(40-49)42-18-11-9-12-19-42)66-57-25-17-24-51(58(57)65-60(66)53-32-28-43-20-15-16-23-52(43)59(53)67)45-36-46(38-50(37-45)62(4,5)6)55-39-44(34-35-64-55)41-26-29-48(30-27-41)63(7,8)47-21-13-10-14-22-47/h9-14,17-19,21-22,24-40,67H,15-16,20,23H2,1-8H3. The highest BCUT2D eigenvalue weighted by Gasteiger charge is 2.27. The lowest BCUT2D eigenvalue weighted by Crippen LogP contribution is -2.18. The number of benzene rings is 7. The molecule has 0 atom stereocenters. The van der Waals surface area contributed by atoms with E-state index in [1.54, 1.807) is 0 Å². The zero-order valence-electron chi connectivity index (χ0n) is 40.3. The van der Waals surface area contributed by atoms with Gasteiger partial charge in [-0.1, -0.05) is 171 Å². The minimum Gasteiger partial charge on any atom is -0.507 e. The number of fused-ring (bicyclic) bond motifs is 2. The van der Waals surface area contributed by atoms with Crippen molar-refractivity contribution in [2.75, 3.05) is 0 Å². The summed E-state index contributed by atoms with van der Waals surface area (Å²) in [5.41, 5.74) is 19.3. The largest absolute Gasteiger partial charge is 0.507 e. The molecule has 0 fully saturated rings. The Morgan fingerprint density at radius 1 is 0.478 bits per heavy atom. The molecule has 9 aromatic rings. The summed E-state index contributed by atoms with van der Waals surface area (Å²) in [6.07, 6.45) is 6.00. The maximum absolute atomic E-state index is 12.2. The van der Waals surface area contributed by atoms with Crippen molar-refractivity contribution in [2.24, 2.45) is 0 Å². The van der Waals surface area contributed by atoms with Crippen LogP contribution in [-0.2, 0) is 29.1 Å². The molecule has 10 rings (SSSR count). The van der Waals surface area contributed by atoms with Crippen LogP contribution in [0.2, 0.25) is 0 Å². The van der Waals surface area contributed by atoms with Crippen molar-refractivity contribution in [3.8, 4) is 67.5 Å². The molecule has 0 saturated heterocycles. The molecule has 67 heavy (non-hydrogen) atoms. The quantitative estimate of drug-likeness (QED) is 0.165. The predicted octanol–water partition coefficient (Wildman–Crippen LogP) is 16.3. The van der Waals surface area contributed by atoms with Gasteiger partial charge in [-0.25, -0.2) is 4.98 Å². The van der Waals surface area contributed by atoms with E-state index < -0.39 is 0 Å². The summed E-state index contributed by atoms with van der Waals surface area (Å²) >= 11 is 0. The van der Waals surface area contributed by atoms with E-state index in [2.05, 4.69) is 224 Å². The Morgan fingerprint density at radius 3 is 1.88 bits per heavy atom. The number of aryl methyl sites for hydroxylation is 1. The van der Waals surface area contributed by atoms with E-state index in [-0.39, 0.29) is 16.2 Å². The molecule has 0 unspecified atom stereocenters. The number of aromatic hydroxyl groups is 1. The molecule has 1 aliphatic carbocycles. The molecule has 1 N–H and O–H groups in total. The van der Waals surface area contributed by atoms with Crippen LogP contribution in [0.15, 0.2) is 170 Å². The van der Waals surface area contributed by atoms with Gasteiger partial charge in [0.05, 0.1) is 28.0 Å². The fraction of sp³-hybridized carbons (Fsp3) is 0.238. The second-order valence-corrected chi connectivity index (χ2v) is 21.1. The van der Waals surface area contributed by atoms with Crippen molar-refractivity contribution in [1.82, 2.24) is 14.5 Å². The third-order valence-electron chi connectivity index (χ3n) is 14.2. The number of hydrogen-bond donors (Lipinski definition) is 1. The normalized spacial score (nSPS) is 13.2. The summed E-state index contributed by atoms with van der Waals surface area (Å²) in [7, 11) is 0. The zero-order valence-corrected chi connectivity index (χ0v) is 40.3. The Hall–Kier alpha value is -7.04. The second-order valence-electron chi connectivity index (χ2n) is 21.1. The van der Waals surface area contributed by atoms with Gasteiger partial charge >= 0.3 is 0 Å². The van der Waals surface area contributed by atoms with Crippen molar-refractivity contribution < 1.29 is 5.11 Å². The number of nitrogens with zero attached hydrogens (tertiary/aromatic N) is 3. The van der Waals surface area contributed by atoms with Crippen molar-refractivity contribution in [1.29, 1.82) is 0 Å². The average Bonchev–Trinajstić information content (AvgIpc) is 3.73. The molecule has 2 aromatic heterocycles. The van der Waals surface area contributed by atoms with Gasteiger partial charge < -0.3 is 5.11 Å². The fourth-order valence-electron chi connectivity index (χ4n) is 10.0. The third kappa shape index (κ3) is 8.28. The molecule has 0 spiro atoms. The number of aromatic nitrogens is 3. The summed E-state index contributed by atoms with van der Waals surface area (Å²) in [6, 6.07) is 59.4. The number of rotatable bonds is 8. The zero-order chi connectivity index (χ0) is 46.7. The van der Waals surface area contributed by atoms with E-state index in [1.165, 1.54) is 27.8 Å². The number of pyridine rings is 1. The van der Waals surface area contributed by atoms with Gasteiger partial charge in [0.2, 0.25) is 0 Å². The lowest BCUT2D eigenvalue weighted by atomic mass is 9.78. The first kappa shape index (κ1) is 43.8. The number of phenols is 1. The molecule has 7 aromatic carbocycles. The molecule has 0 aliphatic heterocycles. The van der Waals surface area contributed by atoms with E-state index in [0.29, 0.717) is 5.75 Å². The molecule has 0 saturated carbocycles. The van der Waals surface area contributed by atoms with Crippen LogP contribution in [0, 0.1) is 0 Å². The maximum atomic E-state index is 12.2. The third-order valence-corrected chi connectivity index (χ3v) is 14.2. The highest BCUT2D eigenvalue weighted by Crippen LogP contribution is 2.45. The van der Waals surface area contributed by atoms with Crippen LogP contribution < -0.4 is 0 Å². The van der Waals surface area contributed by atoms with Gasteiger partial charge in [0.15, 0.2) is 0 Å². The van der Waals surface area contributed by atoms with Crippen molar-refractivity contribution >= 4 is 11.0 Å². The minimum absolute atomic E-state index is 0.0552. The lowest BCUT2D eigenvalue weighted by molar-refractivity contribution is 0.463. The monoisotopic (exact) mass is 875 g/mol. The SMILES string of the molecule is CC(C)(C)c1cc(-c2cc(-c3ccc(C(C)(C)c4ccccc4)cc3)ccn2)cc(-c2cccc3c2nc(-c2ccc4c(c2O)CCCC4)n3-c2ccc(C(C)(C)C)cc2-c2ccccc2)c1. The van der Waals surface area contributed by atoms with Crippen LogP contribution in [0.25, 0.3) is 72.7 Å². The number of hydrogen-bond acceptors (Lipinski definition) is 3. The van der Waals surface area contributed by atoms with Crippen LogP contribution in [0.4, 0.5) is 0 Å². The van der Waals surface area contributed by atoms with Crippen LogP contribution in [0.1, 0.15) is 102 Å². The summed E-state index contributed by atoms with van der Waals surface area (Å²) in [6.45, 7) is 18.2. The highest BCUT2D eigenvalue weighted by atomic mass is 16.3. The molecule has 4 heteroatoms. The fourth-order valence-corrected chi connectivity index (χ4v) is 10.0. The number of imidazole rings is 1. The van der Waals surface area contributed by atoms with Gasteiger partial charge in [-0.3, -0.25) is 9.55 Å². The van der Waals surface area contributed by atoms with E-state index in [0.717, 1.165) is 104 Å². The highest BCUT2D eigenvalue weighted by molar-refractivity contribution is 5.98. The minimum atomic E-state index is -0.142. The van der Waals surface area contributed by atoms with Crippen molar-refractivity contribution in [3.05, 3.63) is 203 Å². The van der Waals surface area contributed by atoms with Gasteiger partial charge in [-0.05, 0) is 141 Å². The van der Waals surface area contributed by atoms with Gasteiger partial charge in [-0.15, -0.1) is 0 Å². The molecule has 0 amide bonds. The van der Waals surface area contributed by atoms with Gasteiger partial charge in [0.25, 0.3) is 0 Å². The summed E-state index contributed by atoms with van der Waals surface area (Å²) in [4.78, 5) is 10.6. The maximum Gasteiger partial charge on any atom is 0.149 e. The Kier molecular flexibility index (Phi) is 11.1. The van der Waals surface area contributed by atoms with E-state index in [4.69, 9.17) is 9.97 Å². The van der Waals surface area contributed by atoms with E-state index in [1.807, 2.05) is 6.20 Å². The Balaban J connectivity index is 1.15. The predicted molar refractivity (Wildman–Crippen MR) is 280 cm³/mol. The molecule has 0 radical (unpaired) electrons. The van der Waals surface area contributed by atoms with Gasteiger partial charge in [-0.2, -0.15) is 0 Å². The van der Waals surface area contributed by atoms with Gasteiger partial charge in [0, 0.05) is 28.3 Å². The van der Waals surface area contributed by atoms with Crippen LogP contribution in [0.5, 0.6) is 5.75 Å². The number of phenolic OH excluding ortho intramolecular Hbond substituents is 1. The molecular formula is C63H61N3O. The molecule has 334 valence electrons. The van der Waals surface area contributed by atoms with Crippen LogP contribution in [-0.4, -0.2) is 19.6 Å². The van der Waals surface area contributed by atoms with Gasteiger partial charge in [0.1, 0.15) is 11.6 Å². The molecule has 1 aliphatic rings. The molecular weight excluding hydrogens is 815 g/mol.